The lowest BCUT2D eigenvalue weighted by Crippen LogP contribution is -2.04. The van der Waals surface area contributed by atoms with Crippen LogP contribution in [0.5, 0.6) is 17.2 Å². The molecule has 0 N–H and O–H groups in total. The number of carbonyl (C=O) groups excluding carboxylic acids is 1. The van der Waals surface area contributed by atoms with Crippen LogP contribution in [0.3, 0.4) is 0 Å². The minimum atomic E-state index is -4.37. The number of rotatable bonds is 6. The van der Waals surface area contributed by atoms with Gasteiger partial charge < -0.3 is 9.47 Å². The molecular formula is C16H12ClF3O3. The zero-order valence-electron chi connectivity index (χ0n) is 11.8. The smallest absolute Gasteiger partial charge is 0.416 e. The van der Waals surface area contributed by atoms with Crippen molar-refractivity contribution in [3.8, 4) is 17.2 Å². The third-order valence-corrected chi connectivity index (χ3v) is 3.00. The molecule has 0 unspecified atom stereocenters. The van der Waals surface area contributed by atoms with Gasteiger partial charge in [-0.1, -0.05) is 0 Å². The summed E-state index contributed by atoms with van der Waals surface area (Å²) in [7, 11) is 0. The molecule has 0 bridgehead atoms. The molecular weight excluding hydrogens is 333 g/mol. The maximum atomic E-state index is 12.5. The van der Waals surface area contributed by atoms with Crippen LogP contribution in [0.25, 0.3) is 0 Å². The Bertz CT molecular complexity index is 652. The van der Waals surface area contributed by atoms with Crippen LogP contribution in [0.15, 0.2) is 48.5 Å². The third kappa shape index (κ3) is 5.49. The molecule has 0 heterocycles. The summed E-state index contributed by atoms with van der Waals surface area (Å²) in [6.07, 6.45) is -4.27. The number of carbonyl (C=O) groups is 1. The fourth-order valence-corrected chi connectivity index (χ4v) is 1.78. The van der Waals surface area contributed by atoms with Crippen molar-refractivity contribution in [2.24, 2.45) is 0 Å². The van der Waals surface area contributed by atoms with Crippen LogP contribution in [0, 0.1) is 0 Å². The van der Waals surface area contributed by atoms with Crippen LogP contribution in [0.1, 0.15) is 12.0 Å². The molecule has 0 aromatic heterocycles. The zero-order chi connectivity index (χ0) is 16.9. The van der Waals surface area contributed by atoms with Crippen molar-refractivity contribution < 1.29 is 27.4 Å². The van der Waals surface area contributed by atoms with Gasteiger partial charge in [0, 0.05) is 0 Å². The summed E-state index contributed by atoms with van der Waals surface area (Å²) in [5.74, 6) is 1.27. The predicted molar refractivity (Wildman–Crippen MR) is 78.9 cm³/mol. The lowest BCUT2D eigenvalue weighted by molar-refractivity contribution is -0.137. The molecule has 0 aliphatic carbocycles. The van der Waals surface area contributed by atoms with Gasteiger partial charge in [-0.15, -0.1) is 0 Å². The third-order valence-electron chi connectivity index (χ3n) is 2.81. The minimum absolute atomic E-state index is 0.103. The number of hydrogen-bond donors (Lipinski definition) is 0. The van der Waals surface area contributed by atoms with Crippen LogP contribution in [0.4, 0.5) is 13.2 Å². The van der Waals surface area contributed by atoms with Crippen molar-refractivity contribution in [3.63, 3.8) is 0 Å². The molecule has 0 amide bonds. The Morgan fingerprint density at radius 3 is 1.87 bits per heavy atom. The van der Waals surface area contributed by atoms with Crippen LogP contribution < -0.4 is 9.47 Å². The largest absolute Gasteiger partial charge is 0.493 e. The fourth-order valence-electron chi connectivity index (χ4n) is 1.70. The second-order valence-corrected chi connectivity index (χ2v) is 4.97. The molecule has 2 aromatic rings. The monoisotopic (exact) mass is 344 g/mol. The molecule has 7 heteroatoms. The summed E-state index contributed by atoms with van der Waals surface area (Å²) in [5, 5.41) is -0.479. The molecule has 0 radical (unpaired) electrons. The van der Waals surface area contributed by atoms with E-state index in [1.54, 1.807) is 24.3 Å². The Hall–Kier alpha value is -2.21. The highest BCUT2D eigenvalue weighted by Gasteiger charge is 2.30. The van der Waals surface area contributed by atoms with Gasteiger partial charge in [0.1, 0.15) is 17.2 Å². The number of hydrogen-bond acceptors (Lipinski definition) is 3. The van der Waals surface area contributed by atoms with E-state index in [9.17, 15) is 18.0 Å². The molecule has 0 spiro atoms. The highest BCUT2D eigenvalue weighted by Crippen LogP contribution is 2.31. The Morgan fingerprint density at radius 1 is 0.913 bits per heavy atom. The van der Waals surface area contributed by atoms with Crippen molar-refractivity contribution >= 4 is 16.8 Å². The number of alkyl halides is 3. The van der Waals surface area contributed by atoms with Crippen LogP contribution in [0.2, 0.25) is 0 Å². The first-order chi connectivity index (χ1) is 10.8. The average molecular weight is 345 g/mol. The summed E-state index contributed by atoms with van der Waals surface area (Å²) >= 11 is 5.19. The van der Waals surface area contributed by atoms with Crippen LogP contribution in [-0.2, 0) is 11.0 Å². The van der Waals surface area contributed by atoms with Crippen molar-refractivity contribution in [1.29, 1.82) is 0 Å². The van der Waals surface area contributed by atoms with Gasteiger partial charge in [-0.05, 0) is 60.1 Å². The summed E-state index contributed by atoms with van der Waals surface area (Å²) in [5.41, 5.74) is -0.734. The number of ether oxygens (including phenoxy) is 2. The molecule has 0 saturated carbocycles. The van der Waals surface area contributed by atoms with Gasteiger partial charge >= 0.3 is 6.18 Å². The van der Waals surface area contributed by atoms with Crippen molar-refractivity contribution in [2.45, 2.75) is 12.6 Å². The molecule has 23 heavy (non-hydrogen) atoms. The minimum Gasteiger partial charge on any atom is -0.493 e. The molecule has 0 aliphatic rings. The first-order valence-corrected chi connectivity index (χ1v) is 6.99. The topological polar surface area (TPSA) is 35.5 Å². The van der Waals surface area contributed by atoms with Crippen LogP contribution >= 0.6 is 11.6 Å². The van der Waals surface area contributed by atoms with E-state index in [0.717, 1.165) is 12.1 Å². The van der Waals surface area contributed by atoms with E-state index in [0.29, 0.717) is 17.2 Å². The fraction of sp³-hybridized carbons (Fsp3) is 0.188. The maximum absolute atomic E-state index is 12.5. The van der Waals surface area contributed by atoms with Gasteiger partial charge in [0.2, 0.25) is 5.24 Å². The molecule has 2 aromatic carbocycles. The highest BCUT2D eigenvalue weighted by atomic mass is 35.5. The number of benzene rings is 2. The zero-order valence-corrected chi connectivity index (χ0v) is 12.5. The van der Waals surface area contributed by atoms with E-state index < -0.39 is 17.0 Å². The van der Waals surface area contributed by atoms with E-state index >= 15 is 0 Å². The van der Waals surface area contributed by atoms with E-state index in [2.05, 4.69) is 0 Å². The summed E-state index contributed by atoms with van der Waals surface area (Å²) in [4.78, 5) is 10.6. The summed E-state index contributed by atoms with van der Waals surface area (Å²) in [6.45, 7) is 0.168. The highest BCUT2D eigenvalue weighted by molar-refractivity contribution is 6.63. The average Bonchev–Trinajstić information content (AvgIpc) is 2.48. The molecule has 0 fully saturated rings. The van der Waals surface area contributed by atoms with E-state index in [1.807, 2.05) is 0 Å². The normalized spacial score (nSPS) is 11.1. The van der Waals surface area contributed by atoms with Gasteiger partial charge in [0.15, 0.2) is 0 Å². The molecule has 3 nitrogen and oxygen atoms in total. The quantitative estimate of drug-likeness (QED) is 0.689. The molecule has 122 valence electrons. The van der Waals surface area contributed by atoms with Gasteiger partial charge in [0.05, 0.1) is 18.6 Å². The Morgan fingerprint density at radius 2 is 1.39 bits per heavy atom. The first kappa shape index (κ1) is 17.1. The molecule has 0 atom stereocenters. The summed E-state index contributed by atoms with van der Waals surface area (Å²) < 4.78 is 48.1. The second kappa shape index (κ2) is 7.37. The van der Waals surface area contributed by atoms with E-state index in [1.165, 1.54) is 12.1 Å². The van der Waals surface area contributed by atoms with Crippen molar-refractivity contribution in [3.05, 3.63) is 54.1 Å². The van der Waals surface area contributed by atoms with Gasteiger partial charge in [0.25, 0.3) is 0 Å². The molecule has 0 aliphatic heterocycles. The second-order valence-electron chi connectivity index (χ2n) is 4.55. The maximum Gasteiger partial charge on any atom is 0.416 e. The van der Waals surface area contributed by atoms with E-state index in [-0.39, 0.29) is 13.0 Å². The Kier molecular flexibility index (Phi) is 5.50. The van der Waals surface area contributed by atoms with Crippen LogP contribution in [-0.4, -0.2) is 11.8 Å². The van der Waals surface area contributed by atoms with E-state index in [4.69, 9.17) is 21.1 Å². The molecule has 2 rings (SSSR count). The Balaban J connectivity index is 1.94. The SMILES string of the molecule is O=C(Cl)CCOc1ccc(Oc2ccc(C(F)(F)F)cc2)cc1. The number of halogens is 4. The Labute approximate surface area is 135 Å². The van der Waals surface area contributed by atoms with Gasteiger partial charge in [-0.25, -0.2) is 0 Å². The van der Waals surface area contributed by atoms with Gasteiger partial charge in [-0.2, -0.15) is 13.2 Å². The first-order valence-electron chi connectivity index (χ1n) is 6.61. The predicted octanol–water partition coefficient (Wildman–Crippen LogP) is 5.03. The van der Waals surface area contributed by atoms with Gasteiger partial charge in [-0.3, -0.25) is 4.79 Å². The lowest BCUT2D eigenvalue weighted by Gasteiger charge is -2.10. The van der Waals surface area contributed by atoms with Crippen molar-refractivity contribution in [2.75, 3.05) is 6.61 Å². The van der Waals surface area contributed by atoms with Crippen molar-refractivity contribution in [1.82, 2.24) is 0 Å². The lowest BCUT2D eigenvalue weighted by atomic mass is 10.2. The summed E-state index contributed by atoms with van der Waals surface area (Å²) in [6, 6.07) is 10.9. The standard InChI is InChI=1S/C16H12ClF3O3/c17-15(21)9-10-22-12-5-7-14(8-6-12)23-13-3-1-11(2-4-13)16(18,19)20/h1-8H,9-10H2. The molecule has 0 saturated heterocycles.